The summed E-state index contributed by atoms with van der Waals surface area (Å²) in [5, 5.41) is 8.67. The second-order valence-corrected chi connectivity index (χ2v) is 7.37. The number of likely N-dealkylation sites (tertiary alicyclic amines) is 1. The molecule has 0 aromatic carbocycles. The molecule has 3 aromatic rings. The fraction of sp³-hybridized carbons (Fsp3) is 0.381. The van der Waals surface area contributed by atoms with Gasteiger partial charge in [0.15, 0.2) is 0 Å². The molecule has 0 aliphatic carbocycles. The second-order valence-electron chi connectivity index (χ2n) is 7.37. The van der Waals surface area contributed by atoms with E-state index in [1.165, 1.54) is 5.56 Å². The number of nitriles is 1. The summed E-state index contributed by atoms with van der Waals surface area (Å²) in [6.07, 6.45) is 6.27. The van der Waals surface area contributed by atoms with Crippen LogP contribution >= 0.6 is 0 Å². The van der Waals surface area contributed by atoms with E-state index < -0.39 is 0 Å². The lowest BCUT2D eigenvalue weighted by molar-refractivity contribution is -0.134. The number of aromatic nitrogens is 4. The van der Waals surface area contributed by atoms with Crippen LogP contribution in [0.2, 0.25) is 0 Å². The molecule has 148 valence electrons. The average Bonchev–Trinajstić information content (AvgIpc) is 3.06. The summed E-state index contributed by atoms with van der Waals surface area (Å²) in [7, 11) is 3.96. The van der Waals surface area contributed by atoms with Crippen molar-refractivity contribution in [3.8, 4) is 6.07 Å². The van der Waals surface area contributed by atoms with Crippen molar-refractivity contribution in [2.75, 3.05) is 25.0 Å². The van der Waals surface area contributed by atoms with Crippen molar-refractivity contribution in [1.82, 2.24) is 24.4 Å². The Labute approximate surface area is 169 Å². The molecule has 0 atom stereocenters. The van der Waals surface area contributed by atoms with E-state index >= 15 is 0 Å². The zero-order valence-electron chi connectivity index (χ0n) is 16.8. The highest BCUT2D eigenvalue weighted by Crippen LogP contribution is 2.32. The number of nitrogens with zero attached hydrogens (tertiary/aromatic N) is 7. The first kappa shape index (κ1) is 18.9. The number of imidazole rings is 1. The molecule has 0 spiro atoms. The highest BCUT2D eigenvalue weighted by Gasteiger charge is 2.32. The number of aryl methyl sites for hydroxylation is 2. The lowest BCUT2D eigenvalue weighted by Gasteiger charge is -2.38. The predicted molar refractivity (Wildman–Crippen MR) is 110 cm³/mol. The number of hydrogen-bond donors (Lipinski definition) is 0. The monoisotopic (exact) mass is 389 g/mol. The Bertz CT molecular complexity index is 1110. The molecule has 29 heavy (non-hydrogen) atoms. The van der Waals surface area contributed by atoms with Gasteiger partial charge in [0, 0.05) is 44.9 Å². The Balaban J connectivity index is 1.56. The average molecular weight is 389 g/mol. The van der Waals surface area contributed by atoms with Crippen LogP contribution in [0.25, 0.3) is 11.0 Å². The van der Waals surface area contributed by atoms with Crippen molar-refractivity contribution in [3.05, 3.63) is 42.1 Å². The van der Waals surface area contributed by atoms with Crippen molar-refractivity contribution in [1.29, 1.82) is 5.26 Å². The largest absolute Gasteiger partial charge is 0.340 e. The van der Waals surface area contributed by atoms with Crippen LogP contribution in [0.4, 0.5) is 11.5 Å². The Morgan fingerprint density at radius 2 is 2.07 bits per heavy atom. The molecule has 0 unspecified atom stereocenters. The summed E-state index contributed by atoms with van der Waals surface area (Å²) in [5.74, 6) is 0.959. The van der Waals surface area contributed by atoms with E-state index in [1.54, 1.807) is 17.4 Å². The van der Waals surface area contributed by atoms with Gasteiger partial charge in [-0.05, 0) is 18.1 Å². The normalized spacial score (nSPS) is 13.9. The van der Waals surface area contributed by atoms with E-state index in [0.29, 0.717) is 13.1 Å². The number of carbonyl (C=O) groups is 1. The number of pyridine rings is 2. The molecule has 0 saturated carbocycles. The van der Waals surface area contributed by atoms with Crippen LogP contribution in [0.1, 0.15) is 30.5 Å². The van der Waals surface area contributed by atoms with Crippen LogP contribution in [0, 0.1) is 11.3 Å². The van der Waals surface area contributed by atoms with E-state index in [-0.39, 0.29) is 18.2 Å². The zero-order valence-corrected chi connectivity index (χ0v) is 16.8. The second kappa shape index (κ2) is 7.51. The number of fused-ring (bicyclic) bond motifs is 1. The molecule has 1 saturated heterocycles. The Hall–Kier alpha value is -3.47. The molecule has 8 nitrogen and oxygen atoms in total. The molecule has 0 radical (unpaired) electrons. The van der Waals surface area contributed by atoms with Crippen molar-refractivity contribution < 1.29 is 4.79 Å². The highest BCUT2D eigenvalue weighted by molar-refractivity contribution is 5.80. The lowest BCUT2D eigenvalue weighted by atomic mass is 9.93. The number of hydrogen-bond acceptors (Lipinski definition) is 6. The lowest BCUT2D eigenvalue weighted by Crippen LogP contribution is -2.48. The minimum Gasteiger partial charge on any atom is -0.340 e. The van der Waals surface area contributed by atoms with E-state index in [9.17, 15) is 4.79 Å². The van der Waals surface area contributed by atoms with Crippen LogP contribution in [0.15, 0.2) is 30.9 Å². The van der Waals surface area contributed by atoms with Crippen molar-refractivity contribution in [2.45, 2.75) is 25.7 Å². The first-order valence-electron chi connectivity index (χ1n) is 9.66. The summed E-state index contributed by atoms with van der Waals surface area (Å²) in [6.45, 7) is 3.38. The van der Waals surface area contributed by atoms with Crippen molar-refractivity contribution in [3.63, 3.8) is 0 Å². The van der Waals surface area contributed by atoms with Crippen LogP contribution < -0.4 is 4.90 Å². The SMILES string of the molecule is CCc1cc(C2CN(C(=O)CC#N)C2)ncc1N(C)c1cc2c(cn1)ncn2C. The molecule has 8 heteroatoms. The van der Waals surface area contributed by atoms with Gasteiger partial charge in [-0.15, -0.1) is 0 Å². The van der Waals surface area contributed by atoms with E-state index in [2.05, 4.69) is 27.9 Å². The Morgan fingerprint density at radius 1 is 1.28 bits per heavy atom. The van der Waals surface area contributed by atoms with E-state index in [4.69, 9.17) is 5.26 Å². The molecule has 1 aliphatic heterocycles. The Kier molecular flexibility index (Phi) is 4.89. The third-order valence-electron chi connectivity index (χ3n) is 5.55. The van der Waals surface area contributed by atoms with Crippen LogP contribution in [-0.4, -0.2) is 50.5 Å². The maximum Gasteiger partial charge on any atom is 0.236 e. The molecule has 0 N–H and O–H groups in total. The molecule has 4 heterocycles. The molecule has 0 bridgehead atoms. The van der Waals surface area contributed by atoms with Gasteiger partial charge in [-0.2, -0.15) is 5.26 Å². The fourth-order valence-electron chi connectivity index (χ4n) is 3.69. The molecule has 1 amide bonds. The van der Waals surface area contributed by atoms with Gasteiger partial charge in [0.1, 0.15) is 17.8 Å². The maximum absolute atomic E-state index is 11.8. The van der Waals surface area contributed by atoms with Gasteiger partial charge >= 0.3 is 0 Å². The van der Waals surface area contributed by atoms with Crippen LogP contribution in [0.3, 0.4) is 0 Å². The molecule has 1 fully saturated rings. The number of anilines is 2. The van der Waals surface area contributed by atoms with Crippen LogP contribution in [-0.2, 0) is 18.3 Å². The first-order valence-corrected chi connectivity index (χ1v) is 9.66. The molecule has 1 aliphatic rings. The molecular formula is C21H23N7O. The molecular weight excluding hydrogens is 366 g/mol. The summed E-state index contributed by atoms with van der Waals surface area (Å²) in [4.78, 5) is 29.1. The predicted octanol–water partition coefficient (Wildman–Crippen LogP) is 2.53. The van der Waals surface area contributed by atoms with Crippen LogP contribution in [0.5, 0.6) is 0 Å². The fourth-order valence-corrected chi connectivity index (χ4v) is 3.69. The highest BCUT2D eigenvalue weighted by atomic mass is 16.2. The summed E-state index contributed by atoms with van der Waals surface area (Å²) in [6, 6.07) is 6.07. The molecule has 4 rings (SSSR count). The van der Waals surface area contributed by atoms with E-state index in [0.717, 1.165) is 34.7 Å². The topological polar surface area (TPSA) is 90.9 Å². The van der Waals surface area contributed by atoms with E-state index in [1.807, 2.05) is 41.9 Å². The molecule has 3 aromatic heterocycles. The maximum atomic E-state index is 11.8. The van der Waals surface area contributed by atoms with Crippen molar-refractivity contribution in [2.24, 2.45) is 7.05 Å². The Morgan fingerprint density at radius 3 is 2.79 bits per heavy atom. The van der Waals surface area contributed by atoms with Gasteiger partial charge in [0.2, 0.25) is 5.91 Å². The minimum absolute atomic E-state index is 0.0574. The number of rotatable bonds is 5. The van der Waals surface area contributed by atoms with Crippen molar-refractivity contribution >= 4 is 28.4 Å². The van der Waals surface area contributed by atoms with Gasteiger partial charge in [-0.25, -0.2) is 9.97 Å². The zero-order chi connectivity index (χ0) is 20.5. The first-order chi connectivity index (χ1) is 14.0. The quantitative estimate of drug-likeness (QED) is 0.666. The van der Waals surface area contributed by atoms with Gasteiger partial charge in [-0.1, -0.05) is 6.92 Å². The summed E-state index contributed by atoms with van der Waals surface area (Å²) >= 11 is 0. The smallest absolute Gasteiger partial charge is 0.236 e. The van der Waals surface area contributed by atoms with Gasteiger partial charge in [-0.3, -0.25) is 9.78 Å². The van der Waals surface area contributed by atoms with Gasteiger partial charge in [0.25, 0.3) is 0 Å². The third-order valence-corrected chi connectivity index (χ3v) is 5.55. The standard InChI is InChI=1S/C21H23N7O/c1-4-14-7-16(15-11-28(12-15)21(29)5-6-22)23-10-19(14)27(3)20-8-18-17(9-24-20)25-13-26(18)2/h7-10,13,15H,4-5,11-12H2,1-3H3. The number of amides is 1. The summed E-state index contributed by atoms with van der Waals surface area (Å²) < 4.78 is 1.98. The third kappa shape index (κ3) is 3.40. The van der Waals surface area contributed by atoms with Gasteiger partial charge < -0.3 is 14.4 Å². The number of carbonyl (C=O) groups excluding carboxylic acids is 1. The minimum atomic E-state index is -0.104. The van der Waals surface area contributed by atoms with Gasteiger partial charge in [0.05, 0.1) is 36.0 Å². The summed E-state index contributed by atoms with van der Waals surface area (Å²) in [5.41, 5.74) is 5.10.